The van der Waals surface area contributed by atoms with Crippen LogP contribution >= 0.6 is 15.9 Å². The first kappa shape index (κ1) is 16.8. The maximum atomic E-state index is 12.3. The van der Waals surface area contributed by atoms with E-state index in [1.54, 1.807) is 11.1 Å². The van der Waals surface area contributed by atoms with Gasteiger partial charge in [-0.3, -0.25) is 4.79 Å². The van der Waals surface area contributed by atoms with Gasteiger partial charge in [0.25, 0.3) is 5.91 Å². The highest BCUT2D eigenvalue weighted by molar-refractivity contribution is 9.10. The van der Waals surface area contributed by atoms with Crippen LogP contribution < -0.4 is 9.47 Å². The van der Waals surface area contributed by atoms with Crippen LogP contribution in [0.3, 0.4) is 0 Å². The number of amides is 1. The van der Waals surface area contributed by atoms with E-state index in [4.69, 9.17) is 9.47 Å². The summed E-state index contributed by atoms with van der Waals surface area (Å²) in [5, 5.41) is 0. The topological polar surface area (TPSA) is 51.7 Å². The zero-order chi connectivity index (χ0) is 16.9. The molecule has 0 radical (unpaired) electrons. The number of rotatable bonds is 5. The third kappa shape index (κ3) is 4.06. The summed E-state index contributed by atoms with van der Waals surface area (Å²) in [4.78, 5) is 18.3. The third-order valence-electron chi connectivity index (χ3n) is 3.95. The molecule has 0 saturated carbocycles. The van der Waals surface area contributed by atoms with Gasteiger partial charge in [0.1, 0.15) is 11.9 Å². The van der Waals surface area contributed by atoms with Crippen molar-refractivity contribution >= 4 is 21.8 Å². The highest BCUT2D eigenvalue weighted by Crippen LogP contribution is 2.24. The molecule has 24 heavy (non-hydrogen) atoms. The van der Waals surface area contributed by atoms with Crippen LogP contribution in [0.5, 0.6) is 11.6 Å². The van der Waals surface area contributed by atoms with Crippen molar-refractivity contribution in [3.63, 3.8) is 0 Å². The second kappa shape index (κ2) is 7.66. The van der Waals surface area contributed by atoms with E-state index in [-0.39, 0.29) is 18.6 Å². The van der Waals surface area contributed by atoms with Crippen LogP contribution in [0, 0.1) is 6.92 Å². The molecule has 1 aromatic carbocycles. The van der Waals surface area contributed by atoms with Crippen molar-refractivity contribution in [2.75, 3.05) is 19.7 Å². The van der Waals surface area contributed by atoms with Gasteiger partial charge >= 0.3 is 0 Å². The number of hydrogen-bond acceptors (Lipinski definition) is 4. The quantitative estimate of drug-likeness (QED) is 0.786. The predicted molar refractivity (Wildman–Crippen MR) is 94.2 cm³/mol. The van der Waals surface area contributed by atoms with Gasteiger partial charge in [0, 0.05) is 19.2 Å². The largest absolute Gasteiger partial charge is 0.484 e. The lowest BCUT2D eigenvalue weighted by Gasteiger charge is -2.18. The van der Waals surface area contributed by atoms with Crippen molar-refractivity contribution in [3.8, 4) is 11.6 Å². The molecule has 1 atom stereocenters. The Kier molecular flexibility index (Phi) is 5.35. The van der Waals surface area contributed by atoms with E-state index in [1.165, 1.54) is 0 Å². The first-order valence-corrected chi connectivity index (χ1v) is 8.66. The number of pyridine rings is 1. The summed E-state index contributed by atoms with van der Waals surface area (Å²) in [6, 6.07) is 11.4. The van der Waals surface area contributed by atoms with Crippen LogP contribution in [0.25, 0.3) is 0 Å². The third-order valence-corrected chi connectivity index (χ3v) is 4.55. The molecular weight excluding hydrogens is 372 g/mol. The molecule has 1 fully saturated rings. The molecule has 1 saturated heterocycles. The van der Waals surface area contributed by atoms with E-state index in [9.17, 15) is 4.79 Å². The molecule has 2 aromatic rings. The summed E-state index contributed by atoms with van der Waals surface area (Å²) in [6.45, 7) is 3.24. The van der Waals surface area contributed by atoms with Gasteiger partial charge in [-0.05, 0) is 46.6 Å². The van der Waals surface area contributed by atoms with E-state index >= 15 is 0 Å². The monoisotopic (exact) mass is 390 g/mol. The molecule has 0 N–H and O–H groups in total. The van der Waals surface area contributed by atoms with Gasteiger partial charge in [-0.2, -0.15) is 0 Å². The average Bonchev–Trinajstić information content (AvgIpc) is 3.05. The fourth-order valence-corrected chi connectivity index (χ4v) is 2.96. The highest BCUT2D eigenvalue weighted by atomic mass is 79.9. The number of carbonyl (C=O) groups is 1. The number of aryl methyl sites for hydroxylation is 1. The fraction of sp³-hybridized carbons (Fsp3) is 0.333. The van der Waals surface area contributed by atoms with Crippen molar-refractivity contribution in [2.45, 2.75) is 19.4 Å². The zero-order valence-electron chi connectivity index (χ0n) is 13.4. The van der Waals surface area contributed by atoms with Crippen LogP contribution in [0.1, 0.15) is 12.0 Å². The molecule has 1 unspecified atom stereocenters. The maximum absolute atomic E-state index is 12.3. The van der Waals surface area contributed by atoms with Gasteiger partial charge in [-0.1, -0.05) is 18.2 Å². The number of para-hydroxylation sites is 1. The Morgan fingerprint density at radius 3 is 2.96 bits per heavy atom. The first-order chi connectivity index (χ1) is 11.6. The van der Waals surface area contributed by atoms with E-state index in [0.29, 0.717) is 19.0 Å². The van der Waals surface area contributed by atoms with Crippen LogP contribution in [-0.4, -0.2) is 41.6 Å². The molecule has 0 spiro atoms. The van der Waals surface area contributed by atoms with E-state index in [0.717, 1.165) is 22.2 Å². The Labute approximate surface area is 149 Å². The van der Waals surface area contributed by atoms with Gasteiger partial charge in [-0.25, -0.2) is 4.98 Å². The molecular formula is C18H19BrN2O3. The molecule has 1 aromatic heterocycles. The Hall–Kier alpha value is -2.08. The summed E-state index contributed by atoms with van der Waals surface area (Å²) >= 11 is 3.42. The lowest BCUT2D eigenvalue weighted by molar-refractivity contribution is -0.132. The van der Waals surface area contributed by atoms with Crippen molar-refractivity contribution in [1.82, 2.24) is 9.88 Å². The molecule has 1 aliphatic rings. The smallest absolute Gasteiger partial charge is 0.260 e. The second-order valence-corrected chi connectivity index (χ2v) is 6.57. The van der Waals surface area contributed by atoms with Crippen LogP contribution in [-0.2, 0) is 4.79 Å². The molecule has 126 valence electrons. The average molecular weight is 391 g/mol. The maximum Gasteiger partial charge on any atom is 0.260 e. The number of likely N-dealkylation sites (tertiary alicyclic amines) is 1. The van der Waals surface area contributed by atoms with Gasteiger partial charge < -0.3 is 14.4 Å². The fourth-order valence-electron chi connectivity index (χ4n) is 2.62. The summed E-state index contributed by atoms with van der Waals surface area (Å²) < 4.78 is 12.3. The molecule has 2 heterocycles. The Morgan fingerprint density at radius 2 is 2.17 bits per heavy atom. The minimum absolute atomic E-state index is 0.0237. The molecule has 6 heteroatoms. The molecule has 5 nitrogen and oxygen atoms in total. The normalized spacial score (nSPS) is 16.9. The SMILES string of the molecule is Cc1ccccc1OCC(=O)N1CCC(Oc2ncccc2Br)C1. The highest BCUT2D eigenvalue weighted by Gasteiger charge is 2.28. The number of carbonyl (C=O) groups excluding carboxylic acids is 1. The van der Waals surface area contributed by atoms with E-state index in [1.807, 2.05) is 43.3 Å². The summed E-state index contributed by atoms with van der Waals surface area (Å²) in [5.41, 5.74) is 1.02. The van der Waals surface area contributed by atoms with Crippen molar-refractivity contribution in [1.29, 1.82) is 0 Å². The minimum Gasteiger partial charge on any atom is -0.484 e. The summed E-state index contributed by atoms with van der Waals surface area (Å²) in [5.74, 6) is 1.28. The number of aromatic nitrogens is 1. The number of ether oxygens (including phenoxy) is 2. The van der Waals surface area contributed by atoms with Crippen molar-refractivity contribution in [2.24, 2.45) is 0 Å². The molecule has 0 aliphatic carbocycles. The van der Waals surface area contributed by atoms with Gasteiger partial charge in [0.05, 0.1) is 11.0 Å². The van der Waals surface area contributed by atoms with Gasteiger partial charge in [-0.15, -0.1) is 0 Å². The predicted octanol–water partition coefficient (Wildman–Crippen LogP) is 3.21. The summed E-state index contributed by atoms with van der Waals surface area (Å²) in [7, 11) is 0. The number of nitrogens with zero attached hydrogens (tertiary/aromatic N) is 2. The van der Waals surface area contributed by atoms with Crippen LogP contribution in [0.2, 0.25) is 0 Å². The standard InChI is InChI=1S/C18H19BrN2O3/c1-13-5-2-3-7-16(13)23-12-17(22)21-10-8-14(11-21)24-18-15(19)6-4-9-20-18/h2-7,9,14H,8,10-12H2,1H3. The Bertz CT molecular complexity index is 723. The lowest BCUT2D eigenvalue weighted by atomic mass is 10.2. The second-order valence-electron chi connectivity index (χ2n) is 5.71. The van der Waals surface area contributed by atoms with Crippen LogP contribution in [0.15, 0.2) is 47.1 Å². The van der Waals surface area contributed by atoms with E-state index < -0.39 is 0 Å². The van der Waals surface area contributed by atoms with Crippen molar-refractivity contribution < 1.29 is 14.3 Å². The van der Waals surface area contributed by atoms with Gasteiger partial charge in [0.15, 0.2) is 6.61 Å². The summed E-state index contributed by atoms with van der Waals surface area (Å²) in [6.07, 6.45) is 2.44. The Balaban J connectivity index is 1.51. The lowest BCUT2D eigenvalue weighted by Crippen LogP contribution is -2.34. The minimum atomic E-state index is -0.0430. The van der Waals surface area contributed by atoms with Gasteiger partial charge in [0.2, 0.25) is 5.88 Å². The van der Waals surface area contributed by atoms with Crippen molar-refractivity contribution in [3.05, 3.63) is 52.6 Å². The Morgan fingerprint density at radius 1 is 1.33 bits per heavy atom. The number of halogens is 1. The first-order valence-electron chi connectivity index (χ1n) is 7.87. The van der Waals surface area contributed by atoms with Crippen LogP contribution in [0.4, 0.5) is 0 Å². The van der Waals surface area contributed by atoms with E-state index in [2.05, 4.69) is 20.9 Å². The molecule has 1 aliphatic heterocycles. The zero-order valence-corrected chi connectivity index (χ0v) is 15.0. The molecule has 1 amide bonds. The molecule has 0 bridgehead atoms. The number of hydrogen-bond donors (Lipinski definition) is 0. The number of benzene rings is 1. The molecule has 3 rings (SSSR count).